The van der Waals surface area contributed by atoms with Crippen LogP contribution in [0.25, 0.3) is 0 Å². The average molecular weight is 328 g/mol. The summed E-state index contributed by atoms with van der Waals surface area (Å²) in [5.41, 5.74) is 1.18. The molecule has 0 aliphatic carbocycles. The van der Waals surface area contributed by atoms with Crippen molar-refractivity contribution in [3.63, 3.8) is 0 Å². The van der Waals surface area contributed by atoms with Crippen molar-refractivity contribution in [2.75, 3.05) is 13.1 Å². The number of aryl methyl sites for hydroxylation is 3. The molecule has 2 aromatic heterocycles. The van der Waals surface area contributed by atoms with Crippen LogP contribution in [-0.4, -0.2) is 42.3 Å². The molecule has 0 unspecified atom stereocenters. The van der Waals surface area contributed by atoms with Gasteiger partial charge in [0.15, 0.2) is 0 Å². The van der Waals surface area contributed by atoms with Gasteiger partial charge in [0.25, 0.3) is 0 Å². The molecule has 1 fully saturated rings. The third-order valence-electron chi connectivity index (χ3n) is 5.63. The molecule has 0 bridgehead atoms. The third kappa shape index (κ3) is 3.11. The van der Waals surface area contributed by atoms with Crippen molar-refractivity contribution in [3.05, 3.63) is 29.4 Å². The first-order valence-corrected chi connectivity index (χ1v) is 9.34. The lowest BCUT2D eigenvalue weighted by atomic mass is 9.95. The molecule has 2 aliphatic heterocycles. The van der Waals surface area contributed by atoms with Gasteiger partial charge in [0, 0.05) is 38.7 Å². The third-order valence-corrected chi connectivity index (χ3v) is 5.63. The first kappa shape index (κ1) is 15.8. The number of hydrogen-bond acceptors (Lipinski definition) is 4. The Labute approximate surface area is 143 Å². The van der Waals surface area contributed by atoms with Crippen molar-refractivity contribution in [2.45, 2.75) is 64.5 Å². The van der Waals surface area contributed by atoms with E-state index in [4.69, 9.17) is 0 Å². The minimum Gasteiger partial charge on any atom is -0.338 e. The molecule has 4 rings (SSSR count). The molecule has 0 aromatic carbocycles. The summed E-state index contributed by atoms with van der Waals surface area (Å²) in [5.74, 6) is 4.13. The number of aromatic nitrogens is 5. The summed E-state index contributed by atoms with van der Waals surface area (Å²) in [6, 6.07) is 0. The van der Waals surface area contributed by atoms with Crippen LogP contribution in [0.2, 0.25) is 0 Å². The highest BCUT2D eigenvalue weighted by Gasteiger charge is 2.26. The topological polar surface area (TPSA) is 51.8 Å². The van der Waals surface area contributed by atoms with Crippen LogP contribution in [0, 0.1) is 6.92 Å². The first-order valence-electron chi connectivity index (χ1n) is 9.34. The number of rotatable bonds is 3. The fourth-order valence-corrected chi connectivity index (χ4v) is 4.10. The second kappa shape index (κ2) is 6.67. The van der Waals surface area contributed by atoms with E-state index in [-0.39, 0.29) is 0 Å². The fourth-order valence-electron chi connectivity index (χ4n) is 4.10. The minimum absolute atomic E-state index is 0.575. The monoisotopic (exact) mass is 328 g/mol. The van der Waals surface area contributed by atoms with E-state index in [0.717, 1.165) is 38.4 Å². The van der Waals surface area contributed by atoms with Gasteiger partial charge in [-0.1, -0.05) is 6.42 Å². The van der Waals surface area contributed by atoms with E-state index in [1.165, 1.54) is 49.4 Å². The van der Waals surface area contributed by atoms with Crippen LogP contribution in [0.1, 0.15) is 61.2 Å². The highest BCUT2D eigenvalue weighted by Crippen LogP contribution is 2.29. The normalized spacial score (nSPS) is 20.1. The Morgan fingerprint density at radius 3 is 2.67 bits per heavy atom. The van der Waals surface area contributed by atoms with Gasteiger partial charge >= 0.3 is 0 Å². The molecule has 6 nitrogen and oxygen atoms in total. The van der Waals surface area contributed by atoms with Crippen LogP contribution in [0.5, 0.6) is 0 Å². The van der Waals surface area contributed by atoms with Gasteiger partial charge in [-0.25, -0.2) is 4.98 Å². The van der Waals surface area contributed by atoms with Gasteiger partial charge in [-0.05, 0) is 45.7 Å². The number of piperidine rings is 1. The van der Waals surface area contributed by atoms with Crippen LogP contribution in [0.15, 0.2) is 6.20 Å². The lowest BCUT2D eigenvalue weighted by Gasteiger charge is -2.31. The van der Waals surface area contributed by atoms with Crippen molar-refractivity contribution in [3.8, 4) is 0 Å². The Balaban J connectivity index is 1.38. The Hall–Kier alpha value is -1.69. The fraction of sp³-hybridized carbons (Fsp3) is 0.722. The van der Waals surface area contributed by atoms with E-state index in [1.807, 2.05) is 0 Å². The van der Waals surface area contributed by atoms with E-state index in [2.05, 4.69) is 49.4 Å². The molecule has 24 heavy (non-hydrogen) atoms. The van der Waals surface area contributed by atoms with Gasteiger partial charge in [0.1, 0.15) is 17.5 Å². The summed E-state index contributed by atoms with van der Waals surface area (Å²) in [6.07, 6.45) is 9.49. The molecule has 2 aromatic rings. The zero-order valence-electron chi connectivity index (χ0n) is 14.9. The second-order valence-corrected chi connectivity index (χ2v) is 7.38. The molecule has 130 valence electrons. The maximum Gasteiger partial charge on any atom is 0.136 e. The summed E-state index contributed by atoms with van der Waals surface area (Å²) in [6.45, 7) is 6.40. The second-order valence-electron chi connectivity index (χ2n) is 7.38. The number of fused-ring (bicyclic) bond motifs is 1. The van der Waals surface area contributed by atoms with Gasteiger partial charge < -0.3 is 9.13 Å². The molecule has 0 spiro atoms. The molecule has 0 radical (unpaired) electrons. The quantitative estimate of drug-likeness (QED) is 0.868. The van der Waals surface area contributed by atoms with Crippen LogP contribution in [0.3, 0.4) is 0 Å². The van der Waals surface area contributed by atoms with Crippen LogP contribution in [0.4, 0.5) is 0 Å². The Kier molecular flexibility index (Phi) is 4.39. The Morgan fingerprint density at radius 1 is 1.08 bits per heavy atom. The van der Waals surface area contributed by atoms with Gasteiger partial charge in [-0.15, -0.1) is 10.2 Å². The maximum absolute atomic E-state index is 4.64. The number of likely N-dealkylation sites (tertiary alicyclic amines) is 1. The summed E-state index contributed by atoms with van der Waals surface area (Å²) in [5, 5.41) is 9.04. The van der Waals surface area contributed by atoms with Crippen LogP contribution >= 0.6 is 0 Å². The molecule has 1 saturated heterocycles. The lowest BCUT2D eigenvalue weighted by Crippen LogP contribution is -2.33. The van der Waals surface area contributed by atoms with E-state index in [9.17, 15) is 0 Å². The zero-order chi connectivity index (χ0) is 16.5. The largest absolute Gasteiger partial charge is 0.338 e. The first-order chi connectivity index (χ1) is 11.7. The minimum atomic E-state index is 0.575. The van der Waals surface area contributed by atoms with E-state index < -0.39 is 0 Å². The molecule has 0 amide bonds. The highest BCUT2D eigenvalue weighted by molar-refractivity contribution is 5.06. The molecule has 0 atom stereocenters. The standard InChI is InChI=1S/C18H28N6/c1-14-19-16(12-22(14)2)13-23-10-7-15(8-11-23)18-21-20-17-6-4-3-5-9-24(17)18/h12,15H,3-11,13H2,1-2H3. The molecule has 4 heterocycles. The van der Waals surface area contributed by atoms with Crippen LogP contribution in [-0.2, 0) is 26.6 Å². The Bertz CT molecular complexity index is 673. The number of imidazole rings is 1. The summed E-state index contributed by atoms with van der Waals surface area (Å²) in [4.78, 5) is 7.16. The summed E-state index contributed by atoms with van der Waals surface area (Å²) >= 11 is 0. The molecular formula is C18H28N6. The van der Waals surface area contributed by atoms with Gasteiger partial charge in [-0.3, -0.25) is 4.90 Å². The summed E-state index contributed by atoms with van der Waals surface area (Å²) < 4.78 is 4.53. The van der Waals surface area contributed by atoms with Crippen molar-refractivity contribution in [1.29, 1.82) is 0 Å². The summed E-state index contributed by atoms with van der Waals surface area (Å²) in [7, 11) is 2.06. The number of hydrogen-bond donors (Lipinski definition) is 0. The van der Waals surface area contributed by atoms with E-state index in [0.29, 0.717) is 5.92 Å². The van der Waals surface area contributed by atoms with Crippen molar-refractivity contribution < 1.29 is 0 Å². The van der Waals surface area contributed by atoms with Gasteiger partial charge in [0.05, 0.1) is 5.69 Å². The van der Waals surface area contributed by atoms with Gasteiger partial charge in [-0.2, -0.15) is 0 Å². The average Bonchev–Trinajstić information content (AvgIpc) is 3.02. The van der Waals surface area contributed by atoms with E-state index in [1.54, 1.807) is 0 Å². The van der Waals surface area contributed by atoms with Crippen molar-refractivity contribution in [2.24, 2.45) is 7.05 Å². The van der Waals surface area contributed by atoms with E-state index >= 15 is 0 Å². The molecule has 2 aliphatic rings. The van der Waals surface area contributed by atoms with Crippen LogP contribution < -0.4 is 0 Å². The lowest BCUT2D eigenvalue weighted by molar-refractivity contribution is 0.198. The molecular weight excluding hydrogens is 300 g/mol. The highest BCUT2D eigenvalue weighted by atomic mass is 15.3. The molecule has 6 heteroatoms. The predicted molar refractivity (Wildman–Crippen MR) is 92.8 cm³/mol. The zero-order valence-corrected chi connectivity index (χ0v) is 14.9. The smallest absolute Gasteiger partial charge is 0.136 e. The van der Waals surface area contributed by atoms with Crippen molar-refractivity contribution >= 4 is 0 Å². The van der Waals surface area contributed by atoms with Gasteiger partial charge in [0.2, 0.25) is 0 Å². The predicted octanol–water partition coefficient (Wildman–Crippen LogP) is 2.43. The molecule has 0 saturated carbocycles. The van der Waals surface area contributed by atoms with Crippen molar-refractivity contribution in [1.82, 2.24) is 29.2 Å². The SMILES string of the molecule is Cc1nc(CN2CCC(c3nnc4n3CCCCC4)CC2)cn1C. The Morgan fingerprint density at radius 2 is 1.92 bits per heavy atom. The molecule has 0 N–H and O–H groups in total. The maximum atomic E-state index is 4.64. The number of nitrogens with zero attached hydrogens (tertiary/aromatic N) is 6.